The Morgan fingerprint density at radius 2 is 1.86 bits per heavy atom. The van der Waals surface area contributed by atoms with Crippen molar-refractivity contribution in [3.05, 3.63) is 12.7 Å². The summed E-state index contributed by atoms with van der Waals surface area (Å²) < 4.78 is -0.0370. The molecule has 0 aliphatic heterocycles. The fourth-order valence-corrected chi connectivity index (χ4v) is 0. The van der Waals surface area contributed by atoms with Gasteiger partial charge in [0.1, 0.15) is 0 Å². The maximum atomic E-state index is 9.67. The number of carbonyl (C=O) groups excluding carboxylic acids is 1. The molecule has 0 aliphatic rings. The summed E-state index contributed by atoms with van der Waals surface area (Å²) in [7, 11) is 0. The van der Waals surface area contributed by atoms with Gasteiger partial charge >= 0.3 is 42.5 Å². The fourth-order valence-electron chi connectivity index (χ4n) is 0. The van der Waals surface area contributed by atoms with Crippen LogP contribution in [0.3, 0.4) is 0 Å². The maximum absolute atomic E-state index is 9.67. The molecule has 0 spiro atoms. The Balaban J connectivity index is -0.0000000800. The predicted octanol–water partition coefficient (Wildman–Crippen LogP) is 0.241. The first-order valence-electron chi connectivity index (χ1n) is 1.05. The second-order valence-corrected chi connectivity index (χ2v) is 1.54. The first kappa shape index (κ1) is 15.7. The van der Waals surface area contributed by atoms with Crippen molar-refractivity contribution >= 4 is 4.00 Å². The van der Waals surface area contributed by atoms with E-state index in [9.17, 15) is 4.79 Å². The van der Waals surface area contributed by atoms with Crippen molar-refractivity contribution in [2.75, 3.05) is 0 Å². The minimum atomic E-state index is -0.0370. The normalized spacial score (nSPS) is 4.86. The topological polar surface area (TPSA) is 17.1 Å². The van der Waals surface area contributed by atoms with Crippen LogP contribution in [0.4, 0.5) is 0 Å². The van der Waals surface area contributed by atoms with Crippen molar-refractivity contribution in [2.24, 2.45) is 0 Å². The molecule has 0 amide bonds. The zero-order chi connectivity index (χ0) is 4.28. The Morgan fingerprint density at radius 1 is 1.71 bits per heavy atom. The predicted molar refractivity (Wildman–Crippen MR) is 15.2 cm³/mol. The van der Waals surface area contributed by atoms with Crippen LogP contribution in [0.1, 0.15) is 0 Å². The van der Waals surface area contributed by atoms with Gasteiger partial charge in [-0.05, 0) is 0 Å². The van der Waals surface area contributed by atoms with Gasteiger partial charge in [0.15, 0.2) is 0 Å². The summed E-state index contributed by atoms with van der Waals surface area (Å²) in [6.45, 7) is 3.20. The number of hydrogen-bond acceptors (Lipinski definition) is 1. The van der Waals surface area contributed by atoms with Gasteiger partial charge in [-0.1, -0.05) is 0 Å². The van der Waals surface area contributed by atoms with Crippen molar-refractivity contribution in [2.45, 2.75) is 0 Å². The number of allylic oxidation sites excluding steroid dienone is 1. The van der Waals surface area contributed by atoms with E-state index >= 15 is 0 Å². The van der Waals surface area contributed by atoms with E-state index in [1.165, 1.54) is 6.08 Å². The monoisotopic (exact) mass is 379 g/mol. The van der Waals surface area contributed by atoms with Gasteiger partial charge in [0.2, 0.25) is 0 Å². The Morgan fingerprint density at radius 3 is 1.86 bits per heavy atom. The SMILES string of the molecule is C=C[C](=O)[Au].[Cu].[Zn]. The van der Waals surface area contributed by atoms with Gasteiger partial charge in [-0.15, -0.1) is 0 Å². The molecule has 7 heavy (non-hydrogen) atoms. The van der Waals surface area contributed by atoms with Crippen LogP contribution in [0.5, 0.6) is 0 Å². The molecule has 1 nitrogen and oxygen atoms in total. The van der Waals surface area contributed by atoms with E-state index in [-0.39, 0.29) is 40.5 Å². The third kappa shape index (κ3) is 18.8. The summed E-state index contributed by atoms with van der Waals surface area (Å²) in [5, 5.41) is 0. The number of carbonyl (C=O) groups is 1. The van der Waals surface area contributed by atoms with Gasteiger partial charge in [0.25, 0.3) is 0 Å². The summed E-state index contributed by atoms with van der Waals surface area (Å²) >= 11 is 1.81. The van der Waals surface area contributed by atoms with Gasteiger partial charge < -0.3 is 0 Å². The molecule has 0 fully saturated rings. The van der Waals surface area contributed by atoms with Crippen LogP contribution >= 0.6 is 0 Å². The fraction of sp³-hybridized carbons (Fsp3) is 0. The summed E-state index contributed by atoms with van der Waals surface area (Å²) in [6.07, 6.45) is 1.25. The molecule has 0 aromatic carbocycles. The summed E-state index contributed by atoms with van der Waals surface area (Å²) in [5.74, 6) is 0. The van der Waals surface area contributed by atoms with Gasteiger partial charge in [0.05, 0.1) is 0 Å². The molecule has 4 heteroatoms. The maximum Gasteiger partial charge on any atom is 0 e. The average Bonchev–Trinajstić information content (AvgIpc) is 1.38. The molecule has 0 aromatic rings. The molecule has 0 aromatic heterocycles. The standard InChI is InChI=1S/C3H3O.Au.Cu.Zn/c1-2-3-4;;;/h2H,1H2;;;. The molecule has 0 unspecified atom stereocenters. The van der Waals surface area contributed by atoms with E-state index in [0.29, 0.717) is 0 Å². The molecule has 0 N–H and O–H groups in total. The smallest absolute Gasteiger partial charge is 0 e. The van der Waals surface area contributed by atoms with E-state index in [1.807, 2.05) is 0 Å². The van der Waals surface area contributed by atoms with Crippen LogP contribution in [-0.4, -0.2) is 4.00 Å². The molecule has 0 saturated carbocycles. The molecule has 0 aliphatic carbocycles. The zero-order valence-electron chi connectivity index (χ0n) is 3.50. The van der Waals surface area contributed by atoms with Gasteiger partial charge in [0, 0.05) is 36.5 Å². The Hall–Kier alpha value is 1.29. The van der Waals surface area contributed by atoms with Crippen molar-refractivity contribution in [1.29, 1.82) is 0 Å². The van der Waals surface area contributed by atoms with Crippen LogP contribution < -0.4 is 0 Å². The quantitative estimate of drug-likeness (QED) is 0.470. The number of hydrogen-bond donors (Lipinski definition) is 0. The van der Waals surface area contributed by atoms with Gasteiger partial charge in [-0.3, -0.25) is 0 Å². The summed E-state index contributed by atoms with van der Waals surface area (Å²) in [6, 6.07) is 0. The third-order valence-electron chi connectivity index (χ3n) is 0.145. The molecule has 0 saturated heterocycles. The minimum absolute atomic E-state index is 0. The van der Waals surface area contributed by atoms with Crippen molar-refractivity contribution < 1.29 is 62.4 Å². The van der Waals surface area contributed by atoms with E-state index in [0.717, 1.165) is 0 Å². The summed E-state index contributed by atoms with van der Waals surface area (Å²) in [4.78, 5) is 9.67. The van der Waals surface area contributed by atoms with Crippen LogP contribution in [0.25, 0.3) is 0 Å². The third-order valence-corrected chi connectivity index (χ3v) is 0.587. The Bertz CT molecular complexity index is 66.0. The van der Waals surface area contributed by atoms with Crippen LogP contribution in [0.2, 0.25) is 0 Å². The van der Waals surface area contributed by atoms with E-state index < -0.39 is 0 Å². The van der Waals surface area contributed by atoms with E-state index in [1.54, 1.807) is 21.1 Å². The number of rotatable bonds is 1. The van der Waals surface area contributed by atoms with Crippen molar-refractivity contribution in [3.63, 3.8) is 0 Å². The molecule has 1 radical (unpaired) electrons. The second-order valence-electron chi connectivity index (χ2n) is 0.471. The first-order chi connectivity index (χ1) is 2.27. The van der Waals surface area contributed by atoms with Crippen LogP contribution in [0.15, 0.2) is 12.7 Å². The molecule has 0 bridgehead atoms. The molecule has 45 valence electrons. The van der Waals surface area contributed by atoms with Crippen LogP contribution in [0, 0.1) is 0 Å². The minimum Gasteiger partial charge on any atom is 0 e. The zero-order valence-corrected chi connectivity index (χ0v) is 9.58. The van der Waals surface area contributed by atoms with Gasteiger partial charge in [-0.2, -0.15) is 0 Å². The Labute approximate surface area is 78.5 Å². The van der Waals surface area contributed by atoms with Gasteiger partial charge in [-0.25, -0.2) is 0 Å². The molecule has 0 rings (SSSR count). The average molecular weight is 381 g/mol. The van der Waals surface area contributed by atoms with Crippen LogP contribution in [-0.2, 0) is 62.4 Å². The molecular weight excluding hydrogens is 378 g/mol. The van der Waals surface area contributed by atoms with Crippen molar-refractivity contribution in [3.8, 4) is 0 Å². The molecule has 0 heterocycles. The first-order valence-corrected chi connectivity index (χ1v) is 2.14. The molecular formula is C3H3AuCuOZn. The van der Waals surface area contributed by atoms with E-state index in [2.05, 4.69) is 6.58 Å². The largest absolute Gasteiger partial charge is 0 e. The second kappa shape index (κ2) is 10.3. The summed E-state index contributed by atoms with van der Waals surface area (Å²) in [5.41, 5.74) is 0. The molecule has 0 atom stereocenters. The Kier molecular flexibility index (Phi) is 23.2. The van der Waals surface area contributed by atoms with Crippen molar-refractivity contribution in [1.82, 2.24) is 0 Å². The van der Waals surface area contributed by atoms with E-state index in [4.69, 9.17) is 0 Å².